The summed E-state index contributed by atoms with van der Waals surface area (Å²) in [6.07, 6.45) is 0. The van der Waals surface area contributed by atoms with E-state index in [9.17, 15) is 14.4 Å². The molecule has 0 spiro atoms. The number of carbonyl (C=O) groups excluding carboxylic acids is 3. The second kappa shape index (κ2) is 37.2. The third-order valence-electron chi connectivity index (χ3n) is 27.5. The maximum Gasteiger partial charge on any atom is 0.193 e. The van der Waals surface area contributed by atoms with Crippen molar-refractivity contribution in [1.82, 2.24) is 44.9 Å². The Labute approximate surface area is 819 Å². The summed E-state index contributed by atoms with van der Waals surface area (Å²) >= 11 is 0. The average Bonchev–Trinajstić information content (AvgIpc) is 0.736. The molecule has 141 heavy (non-hydrogen) atoms. The van der Waals surface area contributed by atoms with Gasteiger partial charge in [0, 0.05) is 99.7 Å². The summed E-state index contributed by atoms with van der Waals surface area (Å²) < 4.78 is 0. The van der Waals surface area contributed by atoms with Gasteiger partial charge in [-0.3, -0.25) is 14.4 Å². The van der Waals surface area contributed by atoms with Gasteiger partial charge in [0.1, 0.15) is 0 Å². The molecule has 0 unspecified atom stereocenters. The zero-order chi connectivity index (χ0) is 95.9. The molecule has 3 aromatic heterocycles. The molecular formula is C129H93N9O3. The van der Waals surface area contributed by atoms with Gasteiger partial charge in [-0.05, 0) is 137 Å². The van der Waals surface area contributed by atoms with Crippen molar-refractivity contribution in [2.75, 3.05) is 0 Å². The molecule has 0 saturated heterocycles. The van der Waals surface area contributed by atoms with E-state index in [1.807, 2.05) is 273 Å². The summed E-state index contributed by atoms with van der Waals surface area (Å²) in [5.74, 6) is 5.95. The summed E-state index contributed by atoms with van der Waals surface area (Å²) in [5.41, 5.74) is 31.6. The number of hydrogen-bond donors (Lipinski definition) is 0. The van der Waals surface area contributed by atoms with Crippen LogP contribution in [-0.4, -0.2) is 62.2 Å². The van der Waals surface area contributed by atoms with Crippen molar-refractivity contribution in [1.29, 1.82) is 0 Å². The van der Waals surface area contributed by atoms with E-state index >= 15 is 0 Å². The first-order chi connectivity index (χ1) is 68.9. The van der Waals surface area contributed by atoms with Crippen LogP contribution in [0.1, 0.15) is 123 Å². The molecular weight excluding hydrogens is 1720 g/mol. The number of nitrogens with zero attached hydrogens (tertiary/aromatic N) is 9. The van der Waals surface area contributed by atoms with Crippen LogP contribution >= 0.6 is 0 Å². The van der Waals surface area contributed by atoms with Crippen LogP contribution < -0.4 is 0 Å². The molecule has 0 saturated carbocycles. The second-order valence-corrected chi connectivity index (χ2v) is 37.3. The first-order valence-corrected chi connectivity index (χ1v) is 47.5. The average molecular weight is 1820 g/mol. The van der Waals surface area contributed by atoms with Crippen LogP contribution in [0.2, 0.25) is 0 Å². The minimum Gasteiger partial charge on any atom is -0.289 e. The van der Waals surface area contributed by atoms with Gasteiger partial charge < -0.3 is 0 Å². The van der Waals surface area contributed by atoms with Crippen molar-refractivity contribution in [3.8, 4) is 169 Å². The Kier molecular flexibility index (Phi) is 23.3. The van der Waals surface area contributed by atoms with Crippen LogP contribution in [-0.2, 0) is 16.2 Å². The van der Waals surface area contributed by atoms with Crippen molar-refractivity contribution in [3.63, 3.8) is 0 Å². The maximum absolute atomic E-state index is 13.5. The molecule has 3 aliphatic rings. The maximum atomic E-state index is 13.5. The van der Waals surface area contributed by atoms with Gasteiger partial charge in [-0.2, -0.15) is 0 Å². The number of hydrogen-bond acceptors (Lipinski definition) is 12. The standard InChI is InChI=1S/3C43H31N3O/c1-43(2)37-22-10-9-21-35(37)39(47)36-24-23-33(27-38(36)43)31-18-11-17-30(25-31)32-19-12-20-34(26-32)42-45-40(28-13-5-3-6-14-28)44-41(46-42)29-15-7-4-8-16-29;1-43(2)37-23-12-11-22-35(37)39(47)36-25-24-31(27-38(36)43)30-18-13-19-32(26-30)33-20-9-10-21-34(33)42-45-40(28-14-5-3-6-15-28)44-41(46-42)29-16-7-4-8-17-29;1-43(2)37-20-12-11-19-35(37)39(47)36-26-25-32(27-38(36)43)34-18-10-9-17-33(34)28-21-23-31(24-22-28)42-45-40(29-13-5-3-6-14-29)44-41(46-42)30-15-7-4-8-16-30/h3*3-27H,1-2H3. The van der Waals surface area contributed by atoms with Gasteiger partial charge in [-0.1, -0.05) is 460 Å². The number of rotatable bonds is 15. The fourth-order valence-electron chi connectivity index (χ4n) is 20.0. The summed E-state index contributed by atoms with van der Waals surface area (Å²) in [7, 11) is 0. The third-order valence-corrected chi connectivity index (χ3v) is 27.5. The summed E-state index contributed by atoms with van der Waals surface area (Å²) in [5, 5.41) is 0. The second-order valence-electron chi connectivity index (χ2n) is 37.3. The Balaban J connectivity index is 0.000000121. The minimum absolute atomic E-state index is 0.0891. The van der Waals surface area contributed by atoms with E-state index in [2.05, 4.69) is 224 Å². The van der Waals surface area contributed by atoms with Crippen LogP contribution in [0.5, 0.6) is 0 Å². The van der Waals surface area contributed by atoms with Gasteiger partial charge in [-0.25, -0.2) is 44.9 Å². The number of fused-ring (bicyclic) bond motifs is 6. The molecule has 18 aromatic carbocycles. The smallest absolute Gasteiger partial charge is 0.193 e. The topological polar surface area (TPSA) is 167 Å². The van der Waals surface area contributed by atoms with Crippen molar-refractivity contribution in [2.45, 2.75) is 57.8 Å². The molecule has 0 aliphatic heterocycles. The highest BCUT2D eigenvalue weighted by Crippen LogP contribution is 2.49. The van der Waals surface area contributed by atoms with Gasteiger partial charge in [0.05, 0.1) is 0 Å². The summed E-state index contributed by atoms with van der Waals surface area (Å²) in [4.78, 5) is 84.5. The van der Waals surface area contributed by atoms with Gasteiger partial charge in [0.2, 0.25) is 0 Å². The van der Waals surface area contributed by atoms with E-state index in [4.69, 9.17) is 44.9 Å². The predicted molar refractivity (Wildman–Crippen MR) is 567 cm³/mol. The number of ketones is 3. The molecule has 3 aliphatic carbocycles. The molecule has 24 rings (SSSR count). The lowest BCUT2D eigenvalue weighted by atomic mass is 9.68. The largest absolute Gasteiger partial charge is 0.289 e. The molecule has 0 N–H and O–H groups in total. The van der Waals surface area contributed by atoms with Crippen molar-refractivity contribution >= 4 is 17.3 Å². The molecule has 0 bridgehead atoms. The molecule has 12 heteroatoms. The summed E-state index contributed by atoms with van der Waals surface area (Å²) in [6, 6.07) is 153. The Morgan fingerprint density at radius 1 is 0.128 bits per heavy atom. The van der Waals surface area contributed by atoms with E-state index in [1.54, 1.807) is 0 Å². The molecule has 0 fully saturated rings. The van der Waals surface area contributed by atoms with E-state index in [0.717, 1.165) is 184 Å². The number of benzene rings is 18. The molecule has 0 radical (unpaired) electrons. The van der Waals surface area contributed by atoms with Gasteiger partial charge in [0.15, 0.2) is 69.8 Å². The van der Waals surface area contributed by atoms with Crippen molar-refractivity contribution in [2.24, 2.45) is 0 Å². The molecule has 12 nitrogen and oxygen atoms in total. The van der Waals surface area contributed by atoms with E-state index < -0.39 is 0 Å². The van der Waals surface area contributed by atoms with Crippen molar-refractivity contribution in [3.05, 3.63) is 522 Å². The van der Waals surface area contributed by atoms with Crippen LogP contribution in [0.3, 0.4) is 0 Å². The lowest BCUT2D eigenvalue weighted by molar-refractivity contribution is 0.102. The van der Waals surface area contributed by atoms with Gasteiger partial charge in [0.25, 0.3) is 0 Å². The fourth-order valence-corrected chi connectivity index (χ4v) is 20.0. The predicted octanol–water partition coefficient (Wildman–Crippen LogP) is 30.2. The Morgan fingerprint density at radius 3 is 0.631 bits per heavy atom. The molecule has 0 amide bonds. The number of carbonyl (C=O) groups is 3. The quantitative estimate of drug-likeness (QED) is 0.0954. The highest BCUT2D eigenvalue weighted by Gasteiger charge is 2.40. The van der Waals surface area contributed by atoms with Crippen LogP contribution in [0.4, 0.5) is 0 Å². The molecule has 0 atom stereocenters. The highest BCUT2D eigenvalue weighted by molar-refractivity contribution is 6.15. The summed E-state index contributed by atoms with van der Waals surface area (Å²) in [6.45, 7) is 13.2. The van der Waals surface area contributed by atoms with E-state index in [0.29, 0.717) is 52.4 Å². The lowest BCUT2D eigenvalue weighted by Gasteiger charge is -2.34. The minimum atomic E-state index is -0.300. The Bertz CT molecular complexity index is 8250. The highest BCUT2D eigenvalue weighted by atomic mass is 16.1. The van der Waals surface area contributed by atoms with E-state index in [-0.39, 0.29) is 33.6 Å². The Morgan fingerprint density at radius 2 is 0.305 bits per heavy atom. The first kappa shape index (κ1) is 88.3. The zero-order valence-corrected chi connectivity index (χ0v) is 78.6. The van der Waals surface area contributed by atoms with Crippen molar-refractivity contribution < 1.29 is 14.4 Å². The third kappa shape index (κ3) is 17.2. The molecule has 3 heterocycles. The Hall–Kier alpha value is -18.0. The van der Waals surface area contributed by atoms with Gasteiger partial charge in [-0.15, -0.1) is 0 Å². The molecule has 21 aromatic rings. The van der Waals surface area contributed by atoms with Crippen LogP contribution in [0, 0.1) is 0 Å². The normalized spacial score (nSPS) is 13.1. The van der Waals surface area contributed by atoms with Crippen LogP contribution in [0.15, 0.2) is 455 Å². The zero-order valence-electron chi connectivity index (χ0n) is 78.6. The van der Waals surface area contributed by atoms with Gasteiger partial charge >= 0.3 is 0 Å². The SMILES string of the molecule is CC1(C)c2ccccc2C(=O)c2ccc(-c3cccc(-c4cccc(-c5nc(-c6ccccc6)nc(-c6ccccc6)n5)c4)c3)cc21.CC1(C)c2ccccc2C(=O)c2ccc(-c3cccc(-c4ccccc4-c4nc(-c5ccccc5)nc(-c5ccccc5)n4)c3)cc21.CC1(C)c2ccccc2C(=O)c2ccc(-c3ccccc3-c3ccc(-c4nc(-c5ccccc5)nc(-c5ccccc5)n4)cc3)cc21. The van der Waals surface area contributed by atoms with Crippen LogP contribution in [0.25, 0.3) is 169 Å². The molecule has 672 valence electrons. The fraction of sp³-hybridized carbons (Fsp3) is 0.0698. The first-order valence-electron chi connectivity index (χ1n) is 47.5. The number of aromatic nitrogens is 9. The lowest BCUT2D eigenvalue weighted by Crippen LogP contribution is -2.30. The van der Waals surface area contributed by atoms with E-state index in [1.165, 1.54) is 0 Å². The monoisotopic (exact) mass is 1820 g/mol.